The van der Waals surface area contributed by atoms with Gasteiger partial charge in [0.15, 0.2) is 0 Å². The minimum Gasteiger partial charge on any atom is -0.344 e. The van der Waals surface area contributed by atoms with Crippen molar-refractivity contribution >= 4 is 5.91 Å². The predicted molar refractivity (Wildman–Crippen MR) is 64.3 cm³/mol. The minimum absolute atomic E-state index is 0.289. The number of hydrogen-bond acceptors (Lipinski definition) is 3. The normalized spacial score (nSPS) is 27.7. The molecular weight excluding hydrogens is 202 g/mol. The van der Waals surface area contributed by atoms with Gasteiger partial charge in [-0.25, -0.2) is 0 Å². The maximum absolute atomic E-state index is 11.3. The lowest BCUT2D eigenvalue weighted by atomic mass is 10.1. The van der Waals surface area contributed by atoms with Crippen molar-refractivity contribution in [3.05, 3.63) is 0 Å². The Balaban J connectivity index is 1.60. The second kappa shape index (κ2) is 5.64. The van der Waals surface area contributed by atoms with Crippen molar-refractivity contribution in [2.24, 2.45) is 0 Å². The van der Waals surface area contributed by atoms with Crippen LogP contribution >= 0.6 is 0 Å². The zero-order valence-corrected chi connectivity index (χ0v) is 10.2. The summed E-state index contributed by atoms with van der Waals surface area (Å²) in [5, 5.41) is 3.56. The summed E-state index contributed by atoms with van der Waals surface area (Å²) in [4.78, 5) is 15.7. The van der Waals surface area contributed by atoms with Gasteiger partial charge in [0.1, 0.15) is 0 Å². The number of carbonyl (C=O) groups excluding carboxylic acids is 1. The Morgan fingerprint density at radius 1 is 1.38 bits per heavy atom. The average Bonchev–Trinajstić information content (AvgIpc) is 2.76. The van der Waals surface area contributed by atoms with E-state index in [0.717, 1.165) is 26.1 Å². The molecule has 0 bridgehead atoms. The second-order valence-electron chi connectivity index (χ2n) is 5.01. The van der Waals surface area contributed by atoms with Gasteiger partial charge in [0, 0.05) is 39.1 Å². The molecule has 2 fully saturated rings. The molecule has 1 unspecified atom stereocenters. The van der Waals surface area contributed by atoms with E-state index in [1.807, 2.05) is 11.9 Å². The van der Waals surface area contributed by atoms with Gasteiger partial charge in [-0.1, -0.05) is 0 Å². The quantitative estimate of drug-likeness (QED) is 0.747. The van der Waals surface area contributed by atoms with Crippen LogP contribution in [0.5, 0.6) is 0 Å². The van der Waals surface area contributed by atoms with Crippen molar-refractivity contribution in [3.63, 3.8) is 0 Å². The molecule has 0 aromatic rings. The second-order valence-corrected chi connectivity index (χ2v) is 5.01. The van der Waals surface area contributed by atoms with E-state index in [4.69, 9.17) is 0 Å². The van der Waals surface area contributed by atoms with E-state index in [0.29, 0.717) is 12.5 Å². The molecule has 0 aromatic carbocycles. The lowest BCUT2D eigenvalue weighted by Gasteiger charge is -2.30. The lowest BCUT2D eigenvalue weighted by molar-refractivity contribution is -0.132. The van der Waals surface area contributed by atoms with Crippen LogP contribution in [0.1, 0.15) is 25.7 Å². The molecule has 1 N–H and O–H groups in total. The summed E-state index contributed by atoms with van der Waals surface area (Å²) in [6.07, 6.45) is 4.43. The first kappa shape index (κ1) is 11.9. The maximum Gasteiger partial charge on any atom is 0.222 e. The Kier molecular flexibility index (Phi) is 4.18. The smallest absolute Gasteiger partial charge is 0.222 e. The number of nitrogens with zero attached hydrogens (tertiary/aromatic N) is 2. The van der Waals surface area contributed by atoms with Gasteiger partial charge >= 0.3 is 0 Å². The summed E-state index contributed by atoms with van der Waals surface area (Å²) >= 11 is 0. The van der Waals surface area contributed by atoms with Gasteiger partial charge < -0.3 is 15.1 Å². The Labute approximate surface area is 98.0 Å². The largest absolute Gasteiger partial charge is 0.344 e. The molecule has 4 heteroatoms. The highest BCUT2D eigenvalue weighted by atomic mass is 16.2. The standard InChI is InChI=1S/C12H23N3O/c1-14-10-11(4-5-12(14)16)13-6-9-15-7-2-3-8-15/h11,13H,2-10H2,1H3. The first-order valence-electron chi connectivity index (χ1n) is 6.45. The Morgan fingerprint density at radius 2 is 2.12 bits per heavy atom. The van der Waals surface area contributed by atoms with E-state index in [1.165, 1.54) is 25.9 Å². The number of hydrogen-bond donors (Lipinski definition) is 1. The average molecular weight is 225 g/mol. The topological polar surface area (TPSA) is 35.6 Å². The molecule has 16 heavy (non-hydrogen) atoms. The van der Waals surface area contributed by atoms with Crippen LogP contribution < -0.4 is 5.32 Å². The highest BCUT2D eigenvalue weighted by Gasteiger charge is 2.22. The van der Waals surface area contributed by atoms with Gasteiger partial charge in [-0.3, -0.25) is 4.79 Å². The lowest BCUT2D eigenvalue weighted by Crippen LogP contribution is -2.48. The van der Waals surface area contributed by atoms with E-state index in [-0.39, 0.29) is 5.91 Å². The van der Waals surface area contributed by atoms with Gasteiger partial charge in [-0.15, -0.1) is 0 Å². The first-order valence-corrected chi connectivity index (χ1v) is 6.45. The van der Waals surface area contributed by atoms with Gasteiger partial charge in [0.2, 0.25) is 5.91 Å². The fourth-order valence-corrected chi connectivity index (χ4v) is 2.61. The van der Waals surface area contributed by atoms with Crippen LogP contribution in [0.15, 0.2) is 0 Å². The van der Waals surface area contributed by atoms with Gasteiger partial charge in [-0.2, -0.15) is 0 Å². The molecule has 2 rings (SSSR count). The van der Waals surface area contributed by atoms with Gasteiger partial charge in [0.25, 0.3) is 0 Å². The Morgan fingerprint density at radius 3 is 2.81 bits per heavy atom. The van der Waals surface area contributed by atoms with Crippen molar-refractivity contribution in [2.45, 2.75) is 31.7 Å². The summed E-state index contributed by atoms with van der Waals surface area (Å²) in [7, 11) is 1.90. The number of likely N-dealkylation sites (tertiary alicyclic amines) is 2. The minimum atomic E-state index is 0.289. The zero-order chi connectivity index (χ0) is 11.4. The number of nitrogens with one attached hydrogen (secondary N) is 1. The van der Waals surface area contributed by atoms with E-state index in [9.17, 15) is 4.79 Å². The summed E-state index contributed by atoms with van der Waals surface area (Å²) in [5.74, 6) is 0.289. The highest BCUT2D eigenvalue weighted by Crippen LogP contribution is 2.10. The van der Waals surface area contributed by atoms with E-state index < -0.39 is 0 Å². The molecule has 2 aliphatic heterocycles. The number of piperidine rings is 1. The van der Waals surface area contributed by atoms with Gasteiger partial charge in [-0.05, 0) is 32.4 Å². The van der Waals surface area contributed by atoms with Crippen LogP contribution in [-0.4, -0.2) is 61.5 Å². The highest BCUT2D eigenvalue weighted by molar-refractivity contribution is 5.76. The molecule has 0 spiro atoms. The fourth-order valence-electron chi connectivity index (χ4n) is 2.61. The van der Waals surface area contributed by atoms with Crippen LogP contribution in [0.4, 0.5) is 0 Å². The van der Waals surface area contributed by atoms with Crippen LogP contribution in [0, 0.1) is 0 Å². The van der Waals surface area contributed by atoms with Crippen LogP contribution in [-0.2, 0) is 4.79 Å². The monoisotopic (exact) mass is 225 g/mol. The van der Waals surface area contributed by atoms with E-state index in [2.05, 4.69) is 10.2 Å². The summed E-state index contributed by atoms with van der Waals surface area (Å²) in [6.45, 7) is 5.63. The van der Waals surface area contributed by atoms with Gasteiger partial charge in [0.05, 0.1) is 0 Å². The third kappa shape index (κ3) is 3.19. The van der Waals surface area contributed by atoms with Crippen LogP contribution in [0.25, 0.3) is 0 Å². The molecule has 0 aromatic heterocycles. The number of amides is 1. The molecule has 2 heterocycles. The van der Waals surface area contributed by atoms with E-state index >= 15 is 0 Å². The molecular formula is C12H23N3O. The molecule has 0 saturated carbocycles. The van der Waals surface area contributed by atoms with Crippen molar-refractivity contribution in [1.82, 2.24) is 15.1 Å². The van der Waals surface area contributed by atoms with Crippen LogP contribution in [0.3, 0.4) is 0 Å². The van der Waals surface area contributed by atoms with Crippen LogP contribution in [0.2, 0.25) is 0 Å². The number of rotatable bonds is 4. The number of likely N-dealkylation sites (N-methyl/N-ethyl adjacent to an activating group) is 1. The molecule has 2 aliphatic rings. The molecule has 4 nitrogen and oxygen atoms in total. The molecule has 0 radical (unpaired) electrons. The molecule has 2 saturated heterocycles. The Bertz CT molecular complexity index is 238. The SMILES string of the molecule is CN1CC(NCCN2CCCC2)CCC1=O. The third-order valence-corrected chi connectivity index (χ3v) is 3.69. The fraction of sp³-hybridized carbons (Fsp3) is 0.917. The molecule has 0 aliphatic carbocycles. The third-order valence-electron chi connectivity index (χ3n) is 3.69. The zero-order valence-electron chi connectivity index (χ0n) is 10.2. The van der Waals surface area contributed by atoms with Crippen molar-refractivity contribution < 1.29 is 4.79 Å². The molecule has 1 amide bonds. The summed E-state index contributed by atoms with van der Waals surface area (Å²) in [5.41, 5.74) is 0. The summed E-state index contributed by atoms with van der Waals surface area (Å²) in [6, 6.07) is 0.505. The molecule has 1 atom stereocenters. The maximum atomic E-state index is 11.3. The molecule has 92 valence electrons. The predicted octanol–water partition coefficient (Wildman–Crippen LogP) is 0.293. The Hall–Kier alpha value is -0.610. The van der Waals surface area contributed by atoms with Crippen molar-refractivity contribution in [2.75, 3.05) is 39.8 Å². The van der Waals surface area contributed by atoms with E-state index in [1.54, 1.807) is 0 Å². The summed E-state index contributed by atoms with van der Waals surface area (Å²) < 4.78 is 0. The first-order chi connectivity index (χ1) is 7.75. The van der Waals surface area contributed by atoms with Crippen molar-refractivity contribution in [3.8, 4) is 0 Å². The number of carbonyl (C=O) groups is 1. The van der Waals surface area contributed by atoms with Crippen molar-refractivity contribution in [1.29, 1.82) is 0 Å².